The second-order valence-electron chi connectivity index (χ2n) is 8.82. The second-order valence-corrected chi connectivity index (χ2v) is 8.82. The highest BCUT2D eigenvalue weighted by Gasteiger charge is 2.26. The van der Waals surface area contributed by atoms with Gasteiger partial charge in [-0.2, -0.15) is 5.26 Å². The van der Waals surface area contributed by atoms with Crippen molar-refractivity contribution in [1.29, 1.82) is 5.26 Å². The molecule has 2 atom stereocenters. The summed E-state index contributed by atoms with van der Waals surface area (Å²) < 4.78 is 7.35. The fourth-order valence-electron chi connectivity index (χ4n) is 4.08. The molecule has 6 heteroatoms. The second kappa shape index (κ2) is 9.78. The Labute approximate surface area is 174 Å². The van der Waals surface area contributed by atoms with Crippen LogP contribution >= 0.6 is 0 Å². The number of hydrogen-bond acceptors (Lipinski definition) is 4. The van der Waals surface area contributed by atoms with Gasteiger partial charge in [-0.15, -0.1) is 0 Å². The molecule has 0 bridgehead atoms. The number of rotatable bonds is 6. The molecule has 1 aromatic heterocycles. The number of amides is 1. The Balaban J connectivity index is 2.05. The van der Waals surface area contributed by atoms with E-state index >= 15 is 0 Å². The number of likely N-dealkylation sites (tertiary alicyclic amines) is 1. The average molecular weight is 400 g/mol. The fourth-order valence-corrected chi connectivity index (χ4v) is 4.08. The van der Waals surface area contributed by atoms with E-state index in [9.17, 15) is 14.9 Å². The van der Waals surface area contributed by atoms with E-state index in [1.807, 2.05) is 26.0 Å². The van der Waals surface area contributed by atoms with Gasteiger partial charge in [0.1, 0.15) is 11.6 Å². The summed E-state index contributed by atoms with van der Waals surface area (Å²) in [6, 6.07) is 3.88. The molecule has 2 heterocycles. The van der Waals surface area contributed by atoms with Gasteiger partial charge in [-0.05, 0) is 55.7 Å². The topological polar surface area (TPSA) is 75.3 Å². The van der Waals surface area contributed by atoms with E-state index in [1.165, 1.54) is 0 Å². The van der Waals surface area contributed by atoms with Gasteiger partial charge >= 0.3 is 5.97 Å². The van der Waals surface area contributed by atoms with Crippen LogP contribution in [0.1, 0.15) is 51.1 Å². The summed E-state index contributed by atoms with van der Waals surface area (Å²) in [5.74, 6) is 0.406. The van der Waals surface area contributed by atoms with Crippen molar-refractivity contribution in [2.75, 3.05) is 19.7 Å². The van der Waals surface area contributed by atoms with Crippen LogP contribution in [-0.2, 0) is 20.9 Å². The van der Waals surface area contributed by atoms with E-state index in [1.54, 1.807) is 11.0 Å². The number of carbonyl (C=O) groups excluding carboxylic acids is 2. The van der Waals surface area contributed by atoms with Crippen LogP contribution in [0.5, 0.6) is 0 Å². The van der Waals surface area contributed by atoms with Crippen molar-refractivity contribution >= 4 is 18.0 Å². The van der Waals surface area contributed by atoms with Crippen LogP contribution in [-0.4, -0.2) is 41.0 Å². The molecule has 1 aliphatic heterocycles. The van der Waals surface area contributed by atoms with Crippen molar-refractivity contribution < 1.29 is 14.3 Å². The monoisotopic (exact) mass is 399 g/mol. The molecule has 1 amide bonds. The number of nitriles is 1. The number of aromatic nitrogens is 1. The lowest BCUT2D eigenvalue weighted by atomic mass is 9.92. The minimum absolute atomic E-state index is 0.0945. The Morgan fingerprint density at radius 3 is 2.45 bits per heavy atom. The number of piperidine rings is 1. The Morgan fingerprint density at radius 1 is 1.28 bits per heavy atom. The molecule has 1 saturated heterocycles. The number of carbonyl (C=O) groups is 2. The summed E-state index contributed by atoms with van der Waals surface area (Å²) in [4.78, 5) is 26.5. The number of ether oxygens (including phenoxy) is 1. The highest BCUT2D eigenvalue weighted by atomic mass is 16.5. The van der Waals surface area contributed by atoms with Crippen LogP contribution in [0, 0.1) is 42.9 Å². The first-order valence-electron chi connectivity index (χ1n) is 10.4. The summed E-state index contributed by atoms with van der Waals surface area (Å²) in [6.45, 7) is 14.4. The number of hydrogen-bond donors (Lipinski definition) is 0. The number of nitrogens with zero attached hydrogens (tertiary/aromatic N) is 3. The summed E-state index contributed by atoms with van der Waals surface area (Å²) in [5, 5.41) is 9.43. The summed E-state index contributed by atoms with van der Waals surface area (Å²) >= 11 is 0. The van der Waals surface area contributed by atoms with Crippen LogP contribution in [0.4, 0.5) is 0 Å². The molecule has 0 radical (unpaired) electrons. The predicted molar refractivity (Wildman–Crippen MR) is 113 cm³/mol. The van der Waals surface area contributed by atoms with Crippen molar-refractivity contribution in [1.82, 2.24) is 9.47 Å². The quantitative estimate of drug-likeness (QED) is 0.415. The lowest BCUT2D eigenvalue weighted by molar-refractivity contribution is -0.149. The zero-order valence-corrected chi connectivity index (χ0v) is 18.5. The number of aryl methyl sites for hydroxylation is 1. The first-order valence-corrected chi connectivity index (χ1v) is 10.4. The lowest BCUT2D eigenvalue weighted by Crippen LogP contribution is -2.44. The largest absolute Gasteiger partial charge is 0.451 e. The molecule has 6 nitrogen and oxygen atoms in total. The Hall–Kier alpha value is -2.55. The maximum absolute atomic E-state index is 12.4. The van der Waals surface area contributed by atoms with Crippen molar-refractivity contribution in [3.05, 3.63) is 28.6 Å². The summed E-state index contributed by atoms with van der Waals surface area (Å²) in [7, 11) is 0. The SMILES string of the molecule is Cc1cc(/C=C(\C#N)C(=O)OCC(=O)N2C[C@H](C)C[C@H](C)C2)c(C)n1CC(C)C. The Kier molecular flexibility index (Phi) is 7.66. The molecule has 1 fully saturated rings. The van der Waals surface area contributed by atoms with Gasteiger partial charge in [0.05, 0.1) is 0 Å². The van der Waals surface area contributed by atoms with Gasteiger partial charge in [-0.1, -0.05) is 27.7 Å². The summed E-state index contributed by atoms with van der Waals surface area (Å²) in [6.07, 6.45) is 2.65. The van der Waals surface area contributed by atoms with Crippen LogP contribution in [0.15, 0.2) is 11.6 Å². The van der Waals surface area contributed by atoms with Crippen LogP contribution in [0.2, 0.25) is 0 Å². The molecule has 0 spiro atoms. The van der Waals surface area contributed by atoms with Crippen molar-refractivity contribution in [2.45, 2.75) is 54.5 Å². The molecule has 0 saturated carbocycles. The van der Waals surface area contributed by atoms with E-state index in [0.717, 1.165) is 29.9 Å². The van der Waals surface area contributed by atoms with E-state index in [-0.39, 0.29) is 18.1 Å². The maximum atomic E-state index is 12.4. The molecule has 29 heavy (non-hydrogen) atoms. The highest BCUT2D eigenvalue weighted by molar-refractivity contribution is 5.99. The van der Waals surface area contributed by atoms with Crippen molar-refractivity contribution in [2.24, 2.45) is 17.8 Å². The van der Waals surface area contributed by atoms with Crippen LogP contribution in [0.3, 0.4) is 0 Å². The predicted octanol–water partition coefficient (Wildman–Crippen LogP) is 3.72. The summed E-state index contributed by atoms with van der Waals surface area (Å²) in [5.41, 5.74) is 2.81. The van der Waals surface area contributed by atoms with Crippen LogP contribution in [0.25, 0.3) is 6.08 Å². The van der Waals surface area contributed by atoms with E-state index < -0.39 is 5.97 Å². The maximum Gasteiger partial charge on any atom is 0.349 e. The van der Waals surface area contributed by atoms with Crippen molar-refractivity contribution in [3.8, 4) is 6.07 Å². The smallest absolute Gasteiger partial charge is 0.349 e. The molecular weight excluding hydrogens is 366 g/mol. The minimum Gasteiger partial charge on any atom is -0.451 e. The minimum atomic E-state index is -0.757. The molecule has 0 aliphatic carbocycles. The lowest BCUT2D eigenvalue weighted by Gasteiger charge is -2.34. The van der Waals surface area contributed by atoms with E-state index in [4.69, 9.17) is 4.74 Å². The van der Waals surface area contributed by atoms with Crippen molar-refractivity contribution in [3.63, 3.8) is 0 Å². The molecule has 158 valence electrons. The zero-order valence-electron chi connectivity index (χ0n) is 18.5. The zero-order chi connectivity index (χ0) is 21.7. The normalized spacial score (nSPS) is 19.9. The Bertz CT molecular complexity index is 819. The van der Waals surface area contributed by atoms with E-state index in [0.29, 0.717) is 30.8 Å². The van der Waals surface area contributed by atoms with Crippen LogP contribution < -0.4 is 0 Å². The van der Waals surface area contributed by atoms with Gasteiger partial charge in [0.2, 0.25) is 0 Å². The fraction of sp³-hybridized carbons (Fsp3) is 0.609. The molecule has 2 rings (SSSR count). The Morgan fingerprint density at radius 2 is 1.90 bits per heavy atom. The third kappa shape index (κ3) is 5.96. The van der Waals surface area contributed by atoms with Gasteiger partial charge in [-0.25, -0.2) is 4.79 Å². The van der Waals surface area contributed by atoms with Gasteiger partial charge in [0.25, 0.3) is 5.91 Å². The van der Waals surface area contributed by atoms with Gasteiger partial charge in [-0.3, -0.25) is 4.79 Å². The first-order chi connectivity index (χ1) is 13.6. The third-order valence-corrected chi connectivity index (χ3v) is 5.35. The molecule has 0 N–H and O–H groups in total. The molecular formula is C23H33N3O3. The third-order valence-electron chi connectivity index (χ3n) is 5.35. The van der Waals surface area contributed by atoms with Gasteiger partial charge in [0.15, 0.2) is 6.61 Å². The first kappa shape index (κ1) is 22.7. The van der Waals surface area contributed by atoms with Gasteiger partial charge in [0, 0.05) is 31.0 Å². The standard InChI is InChI=1S/C23H33N3O3/c1-15(2)11-26-18(5)8-20(19(26)6)9-21(10-24)23(28)29-14-22(27)25-12-16(3)7-17(4)13-25/h8-9,15-17H,7,11-14H2,1-6H3/b21-9+/t16-,17+. The molecule has 1 aliphatic rings. The average Bonchev–Trinajstić information content (AvgIpc) is 2.90. The van der Waals surface area contributed by atoms with E-state index in [2.05, 4.69) is 32.3 Å². The molecule has 0 unspecified atom stereocenters. The molecule has 1 aromatic rings. The van der Waals surface area contributed by atoms with Gasteiger partial charge < -0.3 is 14.2 Å². The number of esters is 1. The molecule has 0 aromatic carbocycles. The highest BCUT2D eigenvalue weighted by Crippen LogP contribution is 2.22.